The summed E-state index contributed by atoms with van der Waals surface area (Å²) in [4.78, 5) is 12.9. The van der Waals surface area contributed by atoms with Crippen LogP contribution >= 0.6 is 0 Å². The van der Waals surface area contributed by atoms with Crippen molar-refractivity contribution in [1.29, 1.82) is 0 Å². The minimum atomic E-state index is -0.0377. The Morgan fingerprint density at radius 3 is 2.00 bits per heavy atom. The molecule has 118 valence electrons. The lowest BCUT2D eigenvalue weighted by molar-refractivity contribution is -0.146. The van der Waals surface area contributed by atoms with Gasteiger partial charge in [0.25, 0.3) is 0 Å². The molecule has 2 N–H and O–H groups in total. The molecule has 4 bridgehead atoms. The molecule has 5 saturated carbocycles. The molecule has 3 nitrogen and oxygen atoms in total. The molecule has 5 aliphatic rings. The highest BCUT2D eigenvalue weighted by atomic mass is 16.3. The zero-order chi connectivity index (χ0) is 14.5. The number of carbonyl (C=O) groups excluding carboxylic acids is 1. The van der Waals surface area contributed by atoms with Gasteiger partial charge < -0.3 is 10.4 Å². The molecule has 0 atom stereocenters. The number of aliphatic hydroxyl groups is 1. The Morgan fingerprint density at radius 1 is 1.00 bits per heavy atom. The van der Waals surface area contributed by atoms with E-state index in [1.807, 2.05) is 0 Å². The van der Waals surface area contributed by atoms with Crippen molar-refractivity contribution in [2.75, 3.05) is 13.2 Å². The van der Waals surface area contributed by atoms with Crippen LogP contribution in [-0.4, -0.2) is 24.2 Å². The van der Waals surface area contributed by atoms with Gasteiger partial charge in [0, 0.05) is 17.4 Å². The van der Waals surface area contributed by atoms with Crippen LogP contribution in [0.2, 0.25) is 0 Å². The lowest BCUT2D eigenvalue weighted by atomic mass is 9.49. The van der Waals surface area contributed by atoms with E-state index in [9.17, 15) is 9.90 Å². The first-order valence-corrected chi connectivity index (χ1v) is 9.02. The van der Waals surface area contributed by atoms with E-state index in [-0.39, 0.29) is 17.4 Å². The van der Waals surface area contributed by atoms with Crippen LogP contribution in [-0.2, 0) is 4.79 Å². The molecule has 0 unspecified atom stereocenters. The summed E-state index contributed by atoms with van der Waals surface area (Å²) < 4.78 is 0. The number of aliphatic hydroxyl groups excluding tert-OH is 1. The molecule has 0 aromatic heterocycles. The van der Waals surface area contributed by atoms with Crippen LogP contribution in [0, 0.1) is 28.6 Å². The van der Waals surface area contributed by atoms with Crippen molar-refractivity contribution in [3.63, 3.8) is 0 Å². The molecule has 0 saturated heterocycles. The first-order chi connectivity index (χ1) is 10.1. The fraction of sp³-hybridized carbons (Fsp3) is 0.944. The third-order valence-corrected chi connectivity index (χ3v) is 7.14. The molecule has 0 heterocycles. The Morgan fingerprint density at radius 2 is 1.52 bits per heavy atom. The molecule has 0 aromatic carbocycles. The lowest BCUT2D eigenvalue weighted by Crippen LogP contribution is -2.54. The summed E-state index contributed by atoms with van der Waals surface area (Å²) in [7, 11) is 0. The number of carbonyl (C=O) groups is 1. The van der Waals surface area contributed by atoms with Crippen LogP contribution in [0.4, 0.5) is 0 Å². The average Bonchev–Trinajstić information content (AvgIpc) is 2.93. The molecule has 21 heavy (non-hydrogen) atoms. The summed E-state index contributed by atoms with van der Waals surface area (Å²) in [5, 5.41) is 13.0. The van der Waals surface area contributed by atoms with E-state index < -0.39 is 0 Å². The van der Waals surface area contributed by atoms with Crippen molar-refractivity contribution < 1.29 is 9.90 Å². The Hall–Kier alpha value is -0.570. The predicted molar refractivity (Wildman–Crippen MR) is 81.6 cm³/mol. The van der Waals surface area contributed by atoms with E-state index in [1.165, 1.54) is 32.1 Å². The molecule has 0 aromatic rings. The molecule has 0 radical (unpaired) electrons. The Kier molecular flexibility index (Phi) is 3.33. The Bertz CT molecular complexity index is 390. The second-order valence-electron chi connectivity index (χ2n) is 8.75. The van der Waals surface area contributed by atoms with Gasteiger partial charge in [-0.2, -0.15) is 0 Å². The predicted octanol–water partition coefficient (Wildman–Crippen LogP) is 2.87. The number of nitrogens with one attached hydrogen (secondary N) is 1. The third kappa shape index (κ3) is 2.32. The van der Waals surface area contributed by atoms with E-state index >= 15 is 0 Å². The molecular weight excluding hydrogens is 262 g/mol. The van der Waals surface area contributed by atoms with Gasteiger partial charge in [-0.05, 0) is 69.1 Å². The Balaban J connectivity index is 1.43. The summed E-state index contributed by atoms with van der Waals surface area (Å²) in [5.74, 6) is 2.78. The van der Waals surface area contributed by atoms with E-state index in [4.69, 9.17) is 0 Å². The van der Waals surface area contributed by atoms with Crippen molar-refractivity contribution in [3.8, 4) is 0 Å². The highest BCUT2D eigenvalue weighted by molar-refractivity contribution is 5.83. The van der Waals surface area contributed by atoms with Crippen LogP contribution < -0.4 is 5.32 Å². The third-order valence-electron chi connectivity index (χ3n) is 7.14. The summed E-state index contributed by atoms with van der Waals surface area (Å²) >= 11 is 0. The minimum Gasteiger partial charge on any atom is -0.396 e. The van der Waals surface area contributed by atoms with Crippen LogP contribution in [0.15, 0.2) is 0 Å². The molecule has 0 spiro atoms. The zero-order valence-corrected chi connectivity index (χ0v) is 13.1. The van der Waals surface area contributed by atoms with Gasteiger partial charge in [-0.1, -0.05) is 12.8 Å². The van der Waals surface area contributed by atoms with Gasteiger partial charge in [0.1, 0.15) is 0 Å². The largest absolute Gasteiger partial charge is 0.396 e. The van der Waals surface area contributed by atoms with Crippen molar-refractivity contribution in [2.45, 2.75) is 64.2 Å². The highest BCUT2D eigenvalue weighted by Gasteiger charge is 2.54. The monoisotopic (exact) mass is 291 g/mol. The summed E-state index contributed by atoms with van der Waals surface area (Å²) in [6.07, 6.45) is 12.1. The van der Waals surface area contributed by atoms with Crippen molar-refractivity contribution in [3.05, 3.63) is 0 Å². The molecule has 5 fully saturated rings. The summed E-state index contributed by atoms with van der Waals surface area (Å²) in [6.45, 7) is 0.929. The average molecular weight is 291 g/mol. The quantitative estimate of drug-likeness (QED) is 0.837. The number of rotatable bonds is 4. The van der Waals surface area contributed by atoms with E-state index in [2.05, 4.69) is 5.32 Å². The first kappa shape index (κ1) is 14.0. The van der Waals surface area contributed by atoms with Crippen LogP contribution in [0.5, 0.6) is 0 Å². The second kappa shape index (κ2) is 4.97. The van der Waals surface area contributed by atoms with Gasteiger partial charge in [-0.3, -0.25) is 4.79 Å². The van der Waals surface area contributed by atoms with E-state index in [0.29, 0.717) is 12.5 Å². The maximum atomic E-state index is 12.9. The zero-order valence-electron chi connectivity index (χ0n) is 13.1. The van der Waals surface area contributed by atoms with Gasteiger partial charge in [0.05, 0.1) is 6.61 Å². The smallest absolute Gasteiger partial charge is 0.226 e. The standard InChI is InChI=1S/C18H29NO2/c20-12-17(3-1-2-4-17)11-19-16(21)18-8-13-5-14(9-18)7-15(6-13)10-18/h13-15,20H,1-12H2,(H,19,21). The van der Waals surface area contributed by atoms with E-state index in [1.54, 1.807) is 0 Å². The van der Waals surface area contributed by atoms with Crippen molar-refractivity contribution in [1.82, 2.24) is 5.32 Å². The lowest BCUT2D eigenvalue weighted by Gasteiger charge is -2.55. The molecule has 0 aliphatic heterocycles. The second-order valence-corrected chi connectivity index (χ2v) is 8.75. The maximum Gasteiger partial charge on any atom is 0.226 e. The molecule has 5 aliphatic carbocycles. The summed E-state index contributed by atoms with van der Waals surface area (Å²) in [5.41, 5.74) is -0.0536. The van der Waals surface area contributed by atoms with Gasteiger partial charge >= 0.3 is 0 Å². The number of amides is 1. The molecule has 1 amide bonds. The van der Waals surface area contributed by atoms with Gasteiger partial charge in [-0.25, -0.2) is 0 Å². The number of hydrogen-bond acceptors (Lipinski definition) is 2. The van der Waals surface area contributed by atoms with Gasteiger partial charge in [-0.15, -0.1) is 0 Å². The SMILES string of the molecule is O=C(NCC1(CO)CCCC1)C12CC3CC(CC(C3)C1)C2. The fourth-order valence-corrected chi connectivity index (χ4v) is 6.36. The first-order valence-electron chi connectivity index (χ1n) is 9.02. The van der Waals surface area contributed by atoms with Crippen LogP contribution in [0.1, 0.15) is 64.2 Å². The topological polar surface area (TPSA) is 49.3 Å². The normalized spacial score (nSPS) is 43.2. The number of hydrogen-bond donors (Lipinski definition) is 2. The fourth-order valence-electron chi connectivity index (χ4n) is 6.36. The Labute approximate surface area is 127 Å². The van der Waals surface area contributed by atoms with Crippen LogP contribution in [0.25, 0.3) is 0 Å². The maximum absolute atomic E-state index is 12.9. The van der Waals surface area contributed by atoms with Crippen molar-refractivity contribution in [2.24, 2.45) is 28.6 Å². The molecule has 5 rings (SSSR count). The van der Waals surface area contributed by atoms with E-state index in [0.717, 1.165) is 49.9 Å². The highest BCUT2D eigenvalue weighted by Crippen LogP contribution is 2.60. The van der Waals surface area contributed by atoms with Gasteiger partial charge in [0.15, 0.2) is 0 Å². The minimum absolute atomic E-state index is 0.0159. The van der Waals surface area contributed by atoms with Crippen molar-refractivity contribution >= 4 is 5.91 Å². The van der Waals surface area contributed by atoms with Gasteiger partial charge in [0.2, 0.25) is 5.91 Å². The molecular formula is C18H29NO2. The summed E-state index contributed by atoms with van der Waals surface area (Å²) in [6, 6.07) is 0. The molecule has 3 heteroatoms. The van der Waals surface area contributed by atoms with Crippen LogP contribution in [0.3, 0.4) is 0 Å².